The van der Waals surface area contributed by atoms with Crippen LogP contribution in [0.5, 0.6) is 0 Å². The lowest BCUT2D eigenvalue weighted by molar-refractivity contribution is 0.163. The largest absolute Gasteiger partial charge is 0.331 e. The molecule has 1 aliphatic rings. The van der Waals surface area contributed by atoms with E-state index in [4.69, 9.17) is 0 Å². The number of hydrogen-bond acceptors (Lipinski definition) is 3. The predicted molar refractivity (Wildman–Crippen MR) is 116 cm³/mol. The zero-order valence-electron chi connectivity index (χ0n) is 17.8. The number of hydrogen-bond donors (Lipinski definition) is 1. The lowest BCUT2D eigenvalue weighted by Gasteiger charge is -2.31. The van der Waals surface area contributed by atoms with Crippen molar-refractivity contribution in [1.29, 1.82) is 0 Å². The Kier molecular flexibility index (Phi) is 6.96. The van der Waals surface area contributed by atoms with Crippen molar-refractivity contribution < 1.29 is 22.0 Å². The summed E-state index contributed by atoms with van der Waals surface area (Å²) in [6.45, 7) is 2.00. The summed E-state index contributed by atoms with van der Waals surface area (Å²) in [5, 5.41) is 0. The number of likely N-dealkylation sites (tertiary alicyclic amines) is 1. The van der Waals surface area contributed by atoms with E-state index < -0.39 is 27.7 Å². The summed E-state index contributed by atoms with van der Waals surface area (Å²) in [4.78, 5) is 15.8. The van der Waals surface area contributed by atoms with Gasteiger partial charge in [0.1, 0.15) is 11.6 Å². The Balaban J connectivity index is 1.91. The molecule has 2 amide bonds. The van der Waals surface area contributed by atoms with Crippen LogP contribution in [-0.4, -0.2) is 62.7 Å². The van der Waals surface area contributed by atoms with Crippen LogP contribution in [0.25, 0.3) is 11.1 Å². The van der Waals surface area contributed by atoms with Gasteiger partial charge in [0.15, 0.2) is 0 Å². The Hall–Kier alpha value is -2.52. The normalized spacial score (nSPS) is 18.9. The van der Waals surface area contributed by atoms with Crippen LogP contribution < -0.4 is 4.72 Å². The van der Waals surface area contributed by atoms with Gasteiger partial charge in [0.25, 0.3) is 0 Å². The minimum atomic E-state index is -3.44. The van der Waals surface area contributed by atoms with Crippen LogP contribution >= 0.6 is 0 Å². The number of rotatable bonds is 6. The highest BCUT2D eigenvalue weighted by Gasteiger charge is 2.39. The number of halogens is 2. The van der Waals surface area contributed by atoms with Gasteiger partial charge in [0.05, 0.1) is 11.8 Å². The summed E-state index contributed by atoms with van der Waals surface area (Å²) in [7, 11) is -0.133. The topological polar surface area (TPSA) is 69.7 Å². The van der Waals surface area contributed by atoms with Crippen molar-refractivity contribution in [1.82, 2.24) is 14.5 Å². The number of urea groups is 1. The third-order valence-corrected chi connectivity index (χ3v) is 6.87. The third-order valence-electron chi connectivity index (χ3n) is 5.45. The van der Waals surface area contributed by atoms with Crippen LogP contribution in [-0.2, 0) is 16.4 Å². The van der Waals surface area contributed by atoms with Crippen LogP contribution in [0, 0.1) is 11.6 Å². The first-order valence-corrected chi connectivity index (χ1v) is 11.8. The molecule has 0 spiro atoms. The number of carbonyl (C=O) groups excluding carboxylic acids is 1. The van der Waals surface area contributed by atoms with E-state index in [-0.39, 0.29) is 17.8 Å². The van der Waals surface area contributed by atoms with Gasteiger partial charge in [-0.25, -0.2) is 26.7 Å². The fourth-order valence-corrected chi connectivity index (χ4v) is 4.79. The van der Waals surface area contributed by atoms with Gasteiger partial charge in [-0.2, -0.15) is 0 Å². The minimum Gasteiger partial charge on any atom is -0.331 e. The average Bonchev–Trinajstić information content (AvgIpc) is 3.08. The highest BCUT2D eigenvalue weighted by Crippen LogP contribution is 2.27. The fourth-order valence-electron chi connectivity index (χ4n) is 3.89. The molecule has 1 aliphatic heterocycles. The lowest BCUT2D eigenvalue weighted by Crippen LogP contribution is -2.50. The van der Waals surface area contributed by atoms with Gasteiger partial charge in [0.2, 0.25) is 10.0 Å². The van der Waals surface area contributed by atoms with Crippen molar-refractivity contribution in [2.75, 3.05) is 26.4 Å². The summed E-state index contributed by atoms with van der Waals surface area (Å²) >= 11 is 0. The molecule has 2 atom stereocenters. The molecule has 0 unspecified atom stereocenters. The molecule has 3 rings (SSSR count). The van der Waals surface area contributed by atoms with Crippen molar-refractivity contribution in [3.8, 4) is 11.1 Å². The zero-order valence-corrected chi connectivity index (χ0v) is 18.6. The summed E-state index contributed by atoms with van der Waals surface area (Å²) in [5.74, 6) is -1.36. The van der Waals surface area contributed by atoms with Crippen molar-refractivity contribution >= 4 is 16.1 Å². The first-order chi connectivity index (χ1) is 14.6. The van der Waals surface area contributed by atoms with Crippen molar-refractivity contribution in [3.63, 3.8) is 0 Å². The second-order valence-corrected chi connectivity index (χ2v) is 9.96. The van der Waals surface area contributed by atoms with Crippen molar-refractivity contribution in [2.24, 2.45) is 0 Å². The summed E-state index contributed by atoms with van der Waals surface area (Å²) in [5.41, 5.74) is 1.90. The Morgan fingerprint density at radius 1 is 1.13 bits per heavy atom. The molecular weight excluding hydrogens is 424 g/mol. The standard InChI is InChI=1S/C22H27F2N3O3S/c1-4-31(29,30)25-20-8-9-27(22(28)26(2)3)21(20)11-15-6-5-7-16(10-15)17-12-18(23)14-19(24)13-17/h5-7,10,12-14,20-21,25H,4,8-9,11H2,1-3H3/t20-,21-/m0/s1. The van der Waals surface area contributed by atoms with Gasteiger partial charge in [-0.15, -0.1) is 0 Å². The highest BCUT2D eigenvalue weighted by molar-refractivity contribution is 7.89. The van der Waals surface area contributed by atoms with E-state index in [1.807, 2.05) is 12.1 Å². The molecule has 1 heterocycles. The molecule has 0 aromatic heterocycles. The highest BCUT2D eigenvalue weighted by atomic mass is 32.2. The molecule has 31 heavy (non-hydrogen) atoms. The molecule has 1 saturated heterocycles. The predicted octanol–water partition coefficient (Wildman–Crippen LogP) is 3.24. The Labute approximate surface area is 181 Å². The summed E-state index contributed by atoms with van der Waals surface area (Å²) in [6.07, 6.45) is 0.917. The van der Waals surface area contributed by atoms with E-state index in [9.17, 15) is 22.0 Å². The summed E-state index contributed by atoms with van der Waals surface area (Å²) < 4.78 is 54.4. The zero-order chi connectivity index (χ0) is 22.8. The van der Waals surface area contributed by atoms with Crippen molar-refractivity contribution in [2.45, 2.75) is 31.8 Å². The Bertz CT molecular complexity index is 1040. The van der Waals surface area contributed by atoms with Crippen LogP contribution in [0.4, 0.5) is 13.6 Å². The molecule has 1 fully saturated rings. The van der Waals surface area contributed by atoms with Gasteiger partial charge >= 0.3 is 6.03 Å². The maximum Gasteiger partial charge on any atom is 0.319 e. The first kappa shape index (κ1) is 23.1. The quantitative estimate of drug-likeness (QED) is 0.733. The van der Waals surface area contributed by atoms with E-state index in [1.54, 1.807) is 38.1 Å². The van der Waals surface area contributed by atoms with Crippen LogP contribution in [0.3, 0.4) is 0 Å². The van der Waals surface area contributed by atoms with E-state index in [0.29, 0.717) is 30.5 Å². The maximum atomic E-state index is 13.6. The molecule has 168 valence electrons. The number of carbonyl (C=O) groups is 1. The summed E-state index contributed by atoms with van der Waals surface area (Å²) in [6, 6.07) is 9.58. The van der Waals surface area contributed by atoms with Gasteiger partial charge in [-0.05, 0) is 48.6 Å². The lowest BCUT2D eigenvalue weighted by atomic mass is 9.97. The molecule has 0 saturated carbocycles. The number of sulfonamides is 1. The SMILES string of the molecule is CCS(=O)(=O)N[C@H]1CCN(C(=O)N(C)C)[C@H]1Cc1cccc(-c2cc(F)cc(F)c2)c1. The maximum absolute atomic E-state index is 13.6. The van der Waals surface area contributed by atoms with Crippen LogP contribution in [0.1, 0.15) is 18.9 Å². The molecule has 9 heteroatoms. The smallest absolute Gasteiger partial charge is 0.319 e. The Morgan fingerprint density at radius 3 is 2.42 bits per heavy atom. The number of amides is 2. The number of nitrogens with one attached hydrogen (secondary N) is 1. The first-order valence-electron chi connectivity index (χ1n) is 10.1. The van der Waals surface area contributed by atoms with Gasteiger partial charge in [-0.3, -0.25) is 0 Å². The van der Waals surface area contributed by atoms with E-state index in [2.05, 4.69) is 4.72 Å². The molecule has 0 aliphatic carbocycles. The molecule has 1 N–H and O–H groups in total. The van der Waals surface area contributed by atoms with E-state index in [1.165, 1.54) is 17.0 Å². The third kappa shape index (κ3) is 5.59. The minimum absolute atomic E-state index is 0.0432. The Morgan fingerprint density at radius 2 is 1.81 bits per heavy atom. The van der Waals surface area contributed by atoms with Crippen LogP contribution in [0.15, 0.2) is 42.5 Å². The monoisotopic (exact) mass is 451 g/mol. The number of nitrogens with zero attached hydrogens (tertiary/aromatic N) is 2. The van der Waals surface area contributed by atoms with Crippen molar-refractivity contribution in [3.05, 3.63) is 59.7 Å². The van der Waals surface area contributed by atoms with E-state index >= 15 is 0 Å². The van der Waals surface area contributed by atoms with Gasteiger partial charge in [-0.1, -0.05) is 24.3 Å². The molecule has 2 aromatic rings. The second-order valence-electron chi connectivity index (χ2n) is 7.92. The fraction of sp³-hybridized carbons (Fsp3) is 0.409. The average molecular weight is 452 g/mol. The molecule has 6 nitrogen and oxygen atoms in total. The molecule has 0 radical (unpaired) electrons. The molecule has 2 aromatic carbocycles. The molecule has 0 bridgehead atoms. The van der Waals surface area contributed by atoms with Gasteiger partial charge < -0.3 is 9.80 Å². The van der Waals surface area contributed by atoms with Crippen LogP contribution in [0.2, 0.25) is 0 Å². The molecular formula is C22H27F2N3O3S. The number of benzene rings is 2. The van der Waals surface area contributed by atoms with Gasteiger partial charge in [0, 0.05) is 32.7 Å². The second kappa shape index (κ2) is 9.32. The van der Waals surface area contributed by atoms with E-state index in [0.717, 1.165) is 11.6 Å².